The number of benzene rings is 1. The summed E-state index contributed by atoms with van der Waals surface area (Å²) in [5.74, 6) is 0.401. The monoisotopic (exact) mass is 349 g/mol. The van der Waals surface area contributed by atoms with Crippen LogP contribution in [0.1, 0.15) is 23.4 Å². The molecule has 0 N–H and O–H groups in total. The highest BCUT2D eigenvalue weighted by atomic mass is 32.2. The molecule has 7 heteroatoms. The van der Waals surface area contributed by atoms with E-state index in [2.05, 4.69) is 0 Å². The van der Waals surface area contributed by atoms with Crippen LogP contribution < -0.4 is 0 Å². The number of hydrogen-bond donors (Lipinski definition) is 0. The third kappa shape index (κ3) is 2.82. The molecule has 24 heavy (non-hydrogen) atoms. The Labute approximate surface area is 140 Å². The first-order valence-corrected chi connectivity index (χ1v) is 9.91. The zero-order chi connectivity index (χ0) is 16.8. The largest absolute Gasteiger partial charge is 0.451 e. The van der Waals surface area contributed by atoms with Crippen LogP contribution in [0.3, 0.4) is 0 Å². The van der Waals surface area contributed by atoms with Crippen molar-refractivity contribution in [2.24, 2.45) is 0 Å². The van der Waals surface area contributed by atoms with Crippen LogP contribution in [-0.4, -0.2) is 56.0 Å². The summed E-state index contributed by atoms with van der Waals surface area (Å²) in [5.41, 5.74) is 0.151. The van der Waals surface area contributed by atoms with E-state index in [0.717, 1.165) is 5.39 Å². The van der Waals surface area contributed by atoms with Gasteiger partial charge in [0.1, 0.15) is 5.58 Å². The van der Waals surface area contributed by atoms with E-state index in [1.165, 1.54) is 0 Å². The van der Waals surface area contributed by atoms with Gasteiger partial charge in [0.2, 0.25) is 0 Å². The number of ether oxygens (including phenoxy) is 1. The zero-order valence-corrected chi connectivity index (χ0v) is 14.0. The molecule has 6 nitrogen and oxygen atoms in total. The van der Waals surface area contributed by atoms with Gasteiger partial charge in [0, 0.05) is 11.9 Å². The summed E-state index contributed by atoms with van der Waals surface area (Å²) in [4.78, 5) is 14.5. The topological polar surface area (TPSA) is 76.8 Å². The second-order valence-corrected chi connectivity index (χ2v) is 8.86. The number of amides is 1. The molecule has 0 atom stereocenters. The lowest BCUT2D eigenvalue weighted by molar-refractivity contribution is -0.104. The van der Waals surface area contributed by atoms with Gasteiger partial charge in [0.15, 0.2) is 15.6 Å². The molecule has 3 heterocycles. The lowest BCUT2D eigenvalue weighted by atomic mass is 9.94. The average Bonchev–Trinajstić information content (AvgIpc) is 3.02. The van der Waals surface area contributed by atoms with Gasteiger partial charge in [0.05, 0.1) is 30.3 Å². The number of morpholine rings is 1. The number of para-hydroxylation sites is 1. The molecule has 4 rings (SSSR count). The summed E-state index contributed by atoms with van der Waals surface area (Å²) in [5, 5.41) is 0.896. The van der Waals surface area contributed by atoms with Crippen LogP contribution in [0.25, 0.3) is 11.0 Å². The lowest BCUT2D eigenvalue weighted by Crippen LogP contribution is -2.56. The van der Waals surface area contributed by atoms with Crippen molar-refractivity contribution in [1.29, 1.82) is 0 Å². The molecule has 1 aromatic carbocycles. The van der Waals surface area contributed by atoms with Crippen molar-refractivity contribution in [3.63, 3.8) is 0 Å². The number of furan rings is 1. The van der Waals surface area contributed by atoms with Crippen LogP contribution in [-0.2, 0) is 14.6 Å². The van der Waals surface area contributed by atoms with E-state index in [-0.39, 0.29) is 17.4 Å². The predicted molar refractivity (Wildman–Crippen MR) is 88.7 cm³/mol. The maximum Gasteiger partial charge on any atom is 0.289 e. The second-order valence-electron chi connectivity index (χ2n) is 6.56. The van der Waals surface area contributed by atoms with E-state index in [1.54, 1.807) is 11.0 Å². The number of hydrogen-bond acceptors (Lipinski definition) is 5. The highest BCUT2D eigenvalue weighted by Gasteiger charge is 2.43. The molecule has 2 fully saturated rings. The molecular weight excluding hydrogens is 330 g/mol. The predicted octanol–water partition coefficient (Wildman–Crippen LogP) is 1.85. The Kier molecular flexibility index (Phi) is 3.65. The van der Waals surface area contributed by atoms with Crippen LogP contribution in [0.2, 0.25) is 0 Å². The maximum atomic E-state index is 12.8. The summed E-state index contributed by atoms with van der Waals surface area (Å²) in [7, 11) is -2.97. The van der Waals surface area contributed by atoms with Crippen LogP contribution >= 0.6 is 0 Å². The van der Waals surface area contributed by atoms with E-state index < -0.39 is 15.4 Å². The van der Waals surface area contributed by atoms with Gasteiger partial charge >= 0.3 is 0 Å². The molecule has 0 bridgehead atoms. The van der Waals surface area contributed by atoms with Crippen molar-refractivity contribution in [3.05, 3.63) is 36.1 Å². The molecule has 0 radical (unpaired) electrons. The van der Waals surface area contributed by atoms with Gasteiger partial charge < -0.3 is 14.1 Å². The molecular formula is C17H19NO5S. The smallest absolute Gasteiger partial charge is 0.289 e. The van der Waals surface area contributed by atoms with Crippen molar-refractivity contribution < 1.29 is 22.4 Å². The minimum atomic E-state index is -2.97. The maximum absolute atomic E-state index is 12.8. The number of sulfone groups is 1. The molecule has 1 spiro atoms. The van der Waals surface area contributed by atoms with Crippen LogP contribution in [0.5, 0.6) is 0 Å². The first-order chi connectivity index (χ1) is 11.5. The van der Waals surface area contributed by atoms with E-state index in [9.17, 15) is 13.2 Å². The van der Waals surface area contributed by atoms with E-state index >= 15 is 0 Å². The molecule has 0 unspecified atom stereocenters. The third-order valence-corrected chi connectivity index (χ3v) is 6.56. The molecule has 2 aromatic rings. The Morgan fingerprint density at radius 3 is 2.67 bits per heavy atom. The number of rotatable bonds is 1. The number of carbonyl (C=O) groups excluding carboxylic acids is 1. The third-order valence-electron chi connectivity index (χ3n) is 4.91. The minimum absolute atomic E-state index is 0.125. The zero-order valence-electron chi connectivity index (χ0n) is 13.2. The van der Waals surface area contributed by atoms with Crippen LogP contribution in [0.15, 0.2) is 34.7 Å². The summed E-state index contributed by atoms with van der Waals surface area (Å²) in [6.45, 7) is 1.33. The molecule has 1 amide bonds. The summed E-state index contributed by atoms with van der Waals surface area (Å²) >= 11 is 0. The summed E-state index contributed by atoms with van der Waals surface area (Å²) in [6.07, 6.45) is 0.887. The quantitative estimate of drug-likeness (QED) is 0.785. The van der Waals surface area contributed by atoms with Crippen molar-refractivity contribution in [2.75, 3.05) is 31.2 Å². The van der Waals surface area contributed by atoms with Crippen molar-refractivity contribution >= 4 is 26.7 Å². The van der Waals surface area contributed by atoms with Gasteiger partial charge in [-0.1, -0.05) is 18.2 Å². The van der Waals surface area contributed by atoms with Gasteiger partial charge in [0.25, 0.3) is 5.91 Å². The first-order valence-electron chi connectivity index (χ1n) is 8.09. The van der Waals surface area contributed by atoms with E-state index in [0.29, 0.717) is 43.9 Å². The fourth-order valence-corrected chi connectivity index (χ4v) is 5.04. The number of nitrogens with zero attached hydrogens (tertiary/aromatic N) is 1. The average molecular weight is 349 g/mol. The highest BCUT2D eigenvalue weighted by Crippen LogP contribution is 2.32. The van der Waals surface area contributed by atoms with Crippen LogP contribution in [0, 0.1) is 0 Å². The lowest BCUT2D eigenvalue weighted by Gasteiger charge is -2.44. The normalized spacial score (nSPS) is 22.8. The Morgan fingerprint density at radius 1 is 1.17 bits per heavy atom. The van der Waals surface area contributed by atoms with Gasteiger partial charge in [-0.3, -0.25) is 4.79 Å². The minimum Gasteiger partial charge on any atom is -0.451 e. The Balaban J connectivity index is 1.54. The van der Waals surface area contributed by atoms with Gasteiger partial charge in [-0.25, -0.2) is 8.42 Å². The molecule has 1 aromatic heterocycles. The molecule has 0 aliphatic carbocycles. The molecule has 2 aliphatic heterocycles. The van der Waals surface area contributed by atoms with Crippen molar-refractivity contribution in [2.45, 2.75) is 18.4 Å². The van der Waals surface area contributed by atoms with Gasteiger partial charge in [-0.15, -0.1) is 0 Å². The van der Waals surface area contributed by atoms with E-state index in [4.69, 9.17) is 9.15 Å². The van der Waals surface area contributed by atoms with E-state index in [1.807, 2.05) is 24.3 Å². The Hall–Kier alpha value is -1.86. The second kappa shape index (κ2) is 5.60. The first kappa shape index (κ1) is 15.7. The fourth-order valence-electron chi connectivity index (χ4n) is 3.47. The Morgan fingerprint density at radius 2 is 1.92 bits per heavy atom. The molecule has 2 saturated heterocycles. The summed E-state index contributed by atoms with van der Waals surface area (Å²) in [6, 6.07) is 9.26. The van der Waals surface area contributed by atoms with Gasteiger partial charge in [-0.2, -0.15) is 0 Å². The fraction of sp³-hybridized carbons (Fsp3) is 0.471. The van der Waals surface area contributed by atoms with Gasteiger partial charge in [-0.05, 0) is 25.0 Å². The van der Waals surface area contributed by atoms with Crippen molar-refractivity contribution in [3.8, 4) is 0 Å². The summed E-state index contributed by atoms with van der Waals surface area (Å²) < 4.78 is 34.9. The number of fused-ring (bicyclic) bond motifs is 1. The Bertz CT molecular complexity index is 838. The standard InChI is InChI=1S/C17H19NO5S/c19-16(15-11-13-3-1-2-4-14(13)23-15)18-7-8-22-17(12-18)5-9-24(20,21)10-6-17/h1-4,11H,5-10,12H2. The van der Waals surface area contributed by atoms with Crippen molar-refractivity contribution in [1.82, 2.24) is 4.90 Å². The molecule has 2 aliphatic rings. The number of carbonyl (C=O) groups is 1. The SMILES string of the molecule is O=C(c1cc2ccccc2o1)N1CCOC2(CCS(=O)(=O)CC2)C1. The van der Waals surface area contributed by atoms with Crippen LogP contribution in [0.4, 0.5) is 0 Å². The highest BCUT2D eigenvalue weighted by molar-refractivity contribution is 7.91. The molecule has 0 saturated carbocycles. The molecule has 128 valence electrons.